The highest BCUT2D eigenvalue weighted by Gasteiger charge is 2.48. The van der Waals surface area contributed by atoms with Gasteiger partial charge in [-0.3, -0.25) is 5.32 Å². The molecule has 164 valence electrons. The number of fused-ring (bicyclic) bond motifs is 2. The molecule has 3 atom stereocenters. The smallest absolute Gasteiger partial charge is 0.321 e. The van der Waals surface area contributed by atoms with Crippen LogP contribution in [0.3, 0.4) is 0 Å². The number of methoxy groups -OCH3 is 1. The molecule has 30 heavy (non-hydrogen) atoms. The summed E-state index contributed by atoms with van der Waals surface area (Å²) in [5, 5.41) is 6.30. The van der Waals surface area contributed by atoms with Crippen molar-refractivity contribution < 1.29 is 9.53 Å². The van der Waals surface area contributed by atoms with Crippen LogP contribution in [0.4, 0.5) is 9.93 Å². The van der Waals surface area contributed by atoms with Crippen LogP contribution < -0.4 is 10.6 Å². The van der Waals surface area contributed by atoms with Gasteiger partial charge in [0.05, 0.1) is 16.8 Å². The van der Waals surface area contributed by atoms with Crippen LogP contribution in [0.1, 0.15) is 50.2 Å². The van der Waals surface area contributed by atoms with Crippen LogP contribution in [0.2, 0.25) is 0 Å². The van der Waals surface area contributed by atoms with Crippen LogP contribution in [-0.4, -0.2) is 55.8 Å². The molecule has 1 aliphatic carbocycles. The molecule has 2 aromatic rings. The number of hydrogen-bond donors (Lipinski definition) is 2. The highest BCUT2D eigenvalue weighted by atomic mass is 32.1. The van der Waals surface area contributed by atoms with Crippen LogP contribution in [0, 0.1) is 12.8 Å². The van der Waals surface area contributed by atoms with Crippen molar-refractivity contribution in [2.24, 2.45) is 5.92 Å². The first-order valence-electron chi connectivity index (χ1n) is 11.1. The molecule has 1 aromatic carbocycles. The second-order valence-electron chi connectivity index (χ2n) is 9.01. The zero-order valence-corrected chi connectivity index (χ0v) is 19.4. The normalized spacial score (nSPS) is 27.1. The minimum absolute atomic E-state index is 0.238. The van der Waals surface area contributed by atoms with Gasteiger partial charge in [-0.05, 0) is 75.9 Å². The highest BCUT2D eigenvalue weighted by Crippen LogP contribution is 2.52. The Morgan fingerprint density at radius 3 is 3.00 bits per heavy atom. The van der Waals surface area contributed by atoms with Gasteiger partial charge in [0, 0.05) is 25.1 Å². The number of ether oxygens (including phenoxy) is 1. The van der Waals surface area contributed by atoms with Crippen molar-refractivity contribution in [3.8, 4) is 0 Å². The molecule has 1 aromatic heterocycles. The fourth-order valence-corrected chi connectivity index (χ4v) is 6.65. The molecule has 7 heteroatoms. The van der Waals surface area contributed by atoms with Gasteiger partial charge in [-0.15, -0.1) is 0 Å². The van der Waals surface area contributed by atoms with Crippen molar-refractivity contribution in [2.75, 3.05) is 39.2 Å². The topological polar surface area (TPSA) is 66.5 Å². The van der Waals surface area contributed by atoms with E-state index in [0.717, 1.165) is 16.8 Å². The van der Waals surface area contributed by atoms with E-state index in [4.69, 9.17) is 9.72 Å². The summed E-state index contributed by atoms with van der Waals surface area (Å²) in [6, 6.07) is 4.97. The number of likely N-dealkylation sites (tertiary alicyclic amines) is 1. The van der Waals surface area contributed by atoms with Gasteiger partial charge in [-0.2, -0.15) is 0 Å². The van der Waals surface area contributed by atoms with Crippen molar-refractivity contribution in [3.63, 3.8) is 0 Å². The molecule has 0 radical (unpaired) electrons. The molecule has 6 nitrogen and oxygen atoms in total. The van der Waals surface area contributed by atoms with Crippen molar-refractivity contribution in [2.45, 2.75) is 57.4 Å². The lowest BCUT2D eigenvalue weighted by Crippen LogP contribution is -2.55. The lowest BCUT2D eigenvalue weighted by molar-refractivity contribution is 0.0226. The van der Waals surface area contributed by atoms with Gasteiger partial charge in [0.25, 0.3) is 0 Å². The van der Waals surface area contributed by atoms with Crippen molar-refractivity contribution >= 4 is 32.7 Å². The summed E-state index contributed by atoms with van der Waals surface area (Å²) >= 11 is 1.54. The lowest BCUT2D eigenvalue weighted by atomic mass is 9.56. The van der Waals surface area contributed by atoms with E-state index in [-0.39, 0.29) is 11.4 Å². The van der Waals surface area contributed by atoms with E-state index in [1.807, 2.05) is 0 Å². The number of urea groups is 1. The third-order valence-corrected chi connectivity index (χ3v) is 8.30. The Bertz CT molecular complexity index is 914. The number of piperidine rings is 1. The number of carbonyl (C=O) groups excluding carboxylic acids is 1. The average molecular weight is 431 g/mol. The predicted octanol–water partition coefficient (Wildman–Crippen LogP) is 4.52. The molecule has 2 N–H and O–H groups in total. The average Bonchev–Trinajstić information content (AvgIpc) is 3.11. The molecule has 2 fully saturated rings. The number of anilines is 1. The van der Waals surface area contributed by atoms with Gasteiger partial charge in [0.2, 0.25) is 0 Å². The maximum absolute atomic E-state index is 12.1. The Balaban J connectivity index is 1.63. The Morgan fingerprint density at radius 1 is 1.37 bits per heavy atom. The number of amides is 2. The summed E-state index contributed by atoms with van der Waals surface area (Å²) in [5.74, 6) is 0.698. The number of nitrogens with zero attached hydrogens (tertiary/aromatic N) is 2. The van der Waals surface area contributed by atoms with Gasteiger partial charge in [0.1, 0.15) is 0 Å². The zero-order valence-electron chi connectivity index (χ0n) is 18.6. The third kappa shape index (κ3) is 3.95. The number of thiazole rings is 1. The molecule has 2 aliphatic rings. The first-order chi connectivity index (χ1) is 14.4. The SMILES string of the molecule is COCCNC(=O)Nc1nc2cc(C34CCCCC3C(C)N(C)CC4)c(C)cc2s1. The molecule has 0 spiro atoms. The maximum atomic E-state index is 12.1. The van der Waals surface area contributed by atoms with E-state index >= 15 is 0 Å². The first-order valence-corrected chi connectivity index (χ1v) is 11.9. The second kappa shape index (κ2) is 8.81. The van der Waals surface area contributed by atoms with Crippen LogP contribution in [0.5, 0.6) is 0 Å². The van der Waals surface area contributed by atoms with Crippen LogP contribution in [-0.2, 0) is 10.2 Å². The number of aromatic nitrogens is 1. The second-order valence-corrected chi connectivity index (χ2v) is 10.0. The Kier molecular flexibility index (Phi) is 6.32. The lowest BCUT2D eigenvalue weighted by Gasteiger charge is -2.54. The van der Waals surface area contributed by atoms with E-state index in [1.54, 1.807) is 7.11 Å². The molecule has 3 unspecified atom stereocenters. The number of nitrogens with one attached hydrogen (secondary N) is 2. The molecule has 4 rings (SSSR count). The molecular weight excluding hydrogens is 396 g/mol. The van der Waals surface area contributed by atoms with E-state index in [9.17, 15) is 4.79 Å². The Hall–Kier alpha value is -1.70. The molecule has 1 saturated carbocycles. The third-order valence-electron chi connectivity index (χ3n) is 7.37. The van der Waals surface area contributed by atoms with Crippen molar-refractivity contribution in [1.82, 2.24) is 15.2 Å². The van der Waals surface area contributed by atoms with Crippen molar-refractivity contribution in [1.29, 1.82) is 0 Å². The summed E-state index contributed by atoms with van der Waals surface area (Å²) in [6.07, 6.45) is 6.47. The van der Waals surface area contributed by atoms with Gasteiger partial charge >= 0.3 is 6.03 Å². The van der Waals surface area contributed by atoms with Crippen LogP contribution in [0.25, 0.3) is 10.2 Å². The fourth-order valence-electron chi connectivity index (χ4n) is 5.71. The minimum atomic E-state index is -0.238. The molecule has 1 saturated heterocycles. The monoisotopic (exact) mass is 430 g/mol. The molecule has 2 heterocycles. The maximum Gasteiger partial charge on any atom is 0.321 e. The summed E-state index contributed by atoms with van der Waals surface area (Å²) in [4.78, 5) is 19.4. The minimum Gasteiger partial charge on any atom is -0.383 e. The largest absolute Gasteiger partial charge is 0.383 e. The summed E-state index contributed by atoms with van der Waals surface area (Å²) < 4.78 is 6.11. The van der Waals surface area contributed by atoms with Gasteiger partial charge < -0.3 is 15.0 Å². The summed E-state index contributed by atoms with van der Waals surface area (Å²) in [5.41, 5.74) is 4.11. The van der Waals surface area contributed by atoms with E-state index in [0.29, 0.717) is 30.2 Å². The van der Waals surface area contributed by atoms with Gasteiger partial charge in [-0.1, -0.05) is 24.2 Å². The summed E-state index contributed by atoms with van der Waals surface area (Å²) in [6.45, 7) is 6.79. The predicted molar refractivity (Wildman–Crippen MR) is 124 cm³/mol. The van der Waals surface area contributed by atoms with Gasteiger partial charge in [-0.25, -0.2) is 9.78 Å². The van der Waals surface area contributed by atoms with Gasteiger partial charge in [0.15, 0.2) is 5.13 Å². The van der Waals surface area contributed by atoms with E-state index < -0.39 is 0 Å². The quantitative estimate of drug-likeness (QED) is 0.684. The highest BCUT2D eigenvalue weighted by molar-refractivity contribution is 7.22. The van der Waals surface area contributed by atoms with E-state index in [2.05, 4.69) is 48.6 Å². The number of carbonyl (C=O) groups is 1. The van der Waals surface area contributed by atoms with E-state index in [1.165, 1.54) is 54.6 Å². The molecule has 1 aliphatic heterocycles. The van der Waals surface area contributed by atoms with Crippen LogP contribution >= 0.6 is 11.3 Å². The molecule has 2 amide bonds. The number of rotatable bonds is 5. The zero-order chi connectivity index (χ0) is 21.3. The standard InChI is InChI=1S/C23H34N4O2S/c1-15-13-20-19(25-22(30-20)26-21(28)24-10-12-29-4)14-18(15)23-8-6-5-7-17(23)16(2)27(3)11-9-23/h13-14,16-17H,5-12H2,1-4H3,(H2,24,25,26,28). The Labute approximate surface area is 183 Å². The van der Waals surface area contributed by atoms with Crippen molar-refractivity contribution in [3.05, 3.63) is 23.3 Å². The molecular formula is C23H34N4O2S. The Morgan fingerprint density at radius 2 is 2.20 bits per heavy atom. The first kappa shape index (κ1) is 21.5. The fraction of sp³-hybridized carbons (Fsp3) is 0.652. The van der Waals surface area contributed by atoms with Crippen LogP contribution in [0.15, 0.2) is 12.1 Å². The number of aryl methyl sites for hydroxylation is 1. The molecule has 0 bridgehead atoms. The summed E-state index contributed by atoms with van der Waals surface area (Å²) in [7, 11) is 3.89. The number of hydrogen-bond acceptors (Lipinski definition) is 5. The number of benzene rings is 1.